The molecule has 0 bridgehead atoms. The van der Waals surface area contributed by atoms with Gasteiger partial charge in [-0.2, -0.15) is 0 Å². The van der Waals surface area contributed by atoms with Gasteiger partial charge in [-0.1, -0.05) is 6.92 Å². The number of hydrogen-bond acceptors (Lipinski definition) is 2. The summed E-state index contributed by atoms with van der Waals surface area (Å²) in [6, 6.07) is 0.259. The highest BCUT2D eigenvalue weighted by Gasteiger charge is 1.93. The quantitative estimate of drug-likeness (QED) is 0.626. The Hall–Kier alpha value is 0.210. The van der Waals surface area contributed by atoms with Gasteiger partial charge in [0, 0.05) is 6.04 Å². The van der Waals surface area contributed by atoms with E-state index < -0.39 is 0 Å². The van der Waals surface area contributed by atoms with E-state index in [0.29, 0.717) is 0 Å². The number of hydrogen-bond donors (Lipinski definition) is 2. The van der Waals surface area contributed by atoms with Crippen LogP contribution in [0.4, 0.5) is 0 Å². The van der Waals surface area contributed by atoms with Crippen molar-refractivity contribution in [1.82, 2.24) is 5.32 Å². The average molecular weight is 154 g/mol. The zero-order valence-electron chi connectivity index (χ0n) is 6.05. The van der Waals surface area contributed by atoms with Gasteiger partial charge in [0.1, 0.15) is 0 Å². The van der Waals surface area contributed by atoms with Gasteiger partial charge >= 0.3 is 0 Å². The van der Waals surface area contributed by atoms with Gasteiger partial charge < -0.3 is 10.4 Å². The van der Waals surface area contributed by atoms with Crippen molar-refractivity contribution in [2.24, 2.45) is 0 Å². The minimum absolute atomic E-state index is 0. The van der Waals surface area contributed by atoms with Crippen molar-refractivity contribution >= 4 is 12.4 Å². The smallest absolute Gasteiger partial charge is 0.0581 e. The zero-order valence-corrected chi connectivity index (χ0v) is 6.87. The van der Waals surface area contributed by atoms with Crippen molar-refractivity contribution in [3.05, 3.63) is 0 Å². The summed E-state index contributed by atoms with van der Waals surface area (Å²) in [5, 5.41) is 11.6. The molecule has 0 aromatic heterocycles. The Morgan fingerprint density at radius 3 is 2.44 bits per heavy atom. The van der Waals surface area contributed by atoms with E-state index in [2.05, 4.69) is 12.2 Å². The molecule has 2 nitrogen and oxygen atoms in total. The Kier molecular flexibility index (Phi) is 10.9. The minimum atomic E-state index is 0. The number of aliphatic hydroxyl groups is 1. The van der Waals surface area contributed by atoms with Crippen LogP contribution in [0.2, 0.25) is 0 Å². The second kappa shape index (κ2) is 8.21. The van der Waals surface area contributed by atoms with Gasteiger partial charge in [0.2, 0.25) is 0 Å². The van der Waals surface area contributed by atoms with E-state index in [1.807, 2.05) is 6.92 Å². The topological polar surface area (TPSA) is 32.3 Å². The monoisotopic (exact) mass is 153 g/mol. The van der Waals surface area contributed by atoms with Crippen molar-refractivity contribution < 1.29 is 5.11 Å². The highest BCUT2D eigenvalue weighted by atomic mass is 35.5. The highest BCUT2D eigenvalue weighted by Crippen LogP contribution is 1.77. The molecule has 0 aliphatic carbocycles. The fourth-order valence-electron chi connectivity index (χ4n) is 0.455. The van der Waals surface area contributed by atoms with Crippen molar-refractivity contribution in [3.8, 4) is 0 Å². The molecule has 3 heteroatoms. The Balaban J connectivity index is 0. The summed E-state index contributed by atoms with van der Waals surface area (Å²) in [4.78, 5) is 0. The Morgan fingerprint density at radius 1 is 1.56 bits per heavy atom. The summed E-state index contributed by atoms with van der Waals surface area (Å²) in [7, 11) is 0. The molecule has 58 valence electrons. The highest BCUT2D eigenvalue weighted by molar-refractivity contribution is 5.85. The summed E-state index contributed by atoms with van der Waals surface area (Å²) < 4.78 is 0. The third kappa shape index (κ3) is 8.21. The first-order valence-corrected chi connectivity index (χ1v) is 3.15. The molecule has 0 fully saturated rings. The molecule has 0 aliphatic rings. The van der Waals surface area contributed by atoms with Crippen LogP contribution >= 0.6 is 12.4 Å². The van der Waals surface area contributed by atoms with Gasteiger partial charge in [0.15, 0.2) is 0 Å². The summed E-state index contributed by atoms with van der Waals surface area (Å²) in [5.41, 5.74) is 0. The lowest BCUT2D eigenvalue weighted by Gasteiger charge is -2.07. The van der Waals surface area contributed by atoms with E-state index in [-0.39, 0.29) is 25.1 Å². The fourth-order valence-corrected chi connectivity index (χ4v) is 0.455. The lowest BCUT2D eigenvalue weighted by molar-refractivity contribution is 0.252. The van der Waals surface area contributed by atoms with Crippen molar-refractivity contribution in [2.75, 3.05) is 13.2 Å². The SMILES string of the molecule is CCCN[C@H](C)CO.Cl. The molecule has 0 radical (unpaired) electrons. The molecule has 1 atom stereocenters. The molecular weight excluding hydrogens is 138 g/mol. The maximum Gasteiger partial charge on any atom is 0.0581 e. The van der Waals surface area contributed by atoms with Crippen molar-refractivity contribution in [1.29, 1.82) is 0 Å². The third-order valence-electron chi connectivity index (χ3n) is 1.02. The first-order valence-electron chi connectivity index (χ1n) is 3.15. The van der Waals surface area contributed by atoms with Crippen LogP contribution in [0.1, 0.15) is 20.3 Å². The first kappa shape index (κ1) is 11.9. The molecule has 0 spiro atoms. The maximum atomic E-state index is 8.50. The summed E-state index contributed by atoms with van der Waals surface area (Å²) in [6.07, 6.45) is 1.13. The fraction of sp³-hybridized carbons (Fsp3) is 1.00. The molecule has 0 heterocycles. The van der Waals surface area contributed by atoms with Crippen LogP contribution in [0, 0.1) is 0 Å². The third-order valence-corrected chi connectivity index (χ3v) is 1.02. The van der Waals surface area contributed by atoms with Gasteiger partial charge in [0.25, 0.3) is 0 Å². The van der Waals surface area contributed by atoms with Crippen molar-refractivity contribution in [2.45, 2.75) is 26.3 Å². The molecule has 0 unspecified atom stereocenters. The van der Waals surface area contributed by atoms with E-state index in [4.69, 9.17) is 5.11 Å². The largest absolute Gasteiger partial charge is 0.395 e. The summed E-state index contributed by atoms with van der Waals surface area (Å²) in [5.74, 6) is 0. The molecule has 0 rings (SSSR count). The van der Waals surface area contributed by atoms with E-state index in [1.54, 1.807) is 0 Å². The van der Waals surface area contributed by atoms with Crippen LogP contribution in [0.15, 0.2) is 0 Å². The minimum Gasteiger partial charge on any atom is -0.395 e. The van der Waals surface area contributed by atoms with Crippen LogP contribution in [0.25, 0.3) is 0 Å². The molecule has 0 aliphatic heterocycles. The molecule has 0 saturated heterocycles. The zero-order chi connectivity index (χ0) is 6.41. The maximum absolute atomic E-state index is 8.50. The number of halogens is 1. The van der Waals surface area contributed by atoms with Crippen LogP contribution in [0.3, 0.4) is 0 Å². The lowest BCUT2D eigenvalue weighted by Crippen LogP contribution is -2.29. The molecule has 9 heavy (non-hydrogen) atoms. The molecule has 0 amide bonds. The van der Waals surface area contributed by atoms with E-state index >= 15 is 0 Å². The lowest BCUT2D eigenvalue weighted by atomic mass is 10.3. The molecule has 0 aromatic carbocycles. The first-order chi connectivity index (χ1) is 3.81. The van der Waals surface area contributed by atoms with Crippen LogP contribution in [-0.2, 0) is 0 Å². The molecule has 0 aromatic rings. The normalized spacial score (nSPS) is 12.3. The number of aliphatic hydroxyl groups excluding tert-OH is 1. The van der Waals surface area contributed by atoms with E-state index in [1.165, 1.54) is 0 Å². The van der Waals surface area contributed by atoms with Gasteiger partial charge in [-0.3, -0.25) is 0 Å². The standard InChI is InChI=1S/C6H15NO.ClH/c1-3-4-7-6(2)5-8;/h6-8H,3-5H2,1-2H3;1H/t6-;/m1./s1. The predicted molar refractivity (Wildman–Crippen MR) is 42.1 cm³/mol. The molecule has 0 saturated carbocycles. The second-order valence-electron chi connectivity index (χ2n) is 2.04. The molecular formula is C6H16ClNO. The van der Waals surface area contributed by atoms with Crippen molar-refractivity contribution in [3.63, 3.8) is 0 Å². The van der Waals surface area contributed by atoms with Gasteiger partial charge in [-0.05, 0) is 19.9 Å². The van der Waals surface area contributed by atoms with Crippen LogP contribution in [-0.4, -0.2) is 24.3 Å². The van der Waals surface area contributed by atoms with Crippen LogP contribution < -0.4 is 5.32 Å². The predicted octanol–water partition coefficient (Wildman–Crippen LogP) is 0.789. The Morgan fingerprint density at radius 2 is 2.11 bits per heavy atom. The van der Waals surface area contributed by atoms with E-state index in [0.717, 1.165) is 13.0 Å². The van der Waals surface area contributed by atoms with Crippen LogP contribution in [0.5, 0.6) is 0 Å². The number of rotatable bonds is 4. The molecule has 2 N–H and O–H groups in total. The Labute approximate surface area is 63.1 Å². The van der Waals surface area contributed by atoms with E-state index in [9.17, 15) is 0 Å². The van der Waals surface area contributed by atoms with Gasteiger partial charge in [-0.25, -0.2) is 0 Å². The number of nitrogens with one attached hydrogen (secondary N) is 1. The Bertz CT molecular complexity index is 52.3. The summed E-state index contributed by atoms with van der Waals surface area (Å²) >= 11 is 0. The second-order valence-corrected chi connectivity index (χ2v) is 2.04. The summed E-state index contributed by atoms with van der Waals surface area (Å²) in [6.45, 7) is 5.31. The van der Waals surface area contributed by atoms with Gasteiger partial charge in [0.05, 0.1) is 6.61 Å². The van der Waals surface area contributed by atoms with Gasteiger partial charge in [-0.15, -0.1) is 12.4 Å². The average Bonchev–Trinajstić information content (AvgIpc) is 1.83.